The van der Waals surface area contributed by atoms with E-state index in [2.05, 4.69) is 0 Å². The highest BCUT2D eigenvalue weighted by atomic mass is 16.5. The lowest BCUT2D eigenvalue weighted by atomic mass is 10.2. The quantitative estimate of drug-likeness (QED) is 0.666. The maximum atomic E-state index is 12.0. The van der Waals surface area contributed by atoms with Gasteiger partial charge in [0, 0.05) is 20.1 Å². The van der Waals surface area contributed by atoms with Gasteiger partial charge in [0.15, 0.2) is 0 Å². The van der Waals surface area contributed by atoms with Crippen molar-refractivity contribution in [3.63, 3.8) is 0 Å². The zero-order valence-electron chi connectivity index (χ0n) is 13.1. The third kappa shape index (κ3) is 6.58. The third-order valence-corrected chi connectivity index (χ3v) is 3.13. The van der Waals surface area contributed by atoms with E-state index in [1.807, 2.05) is 31.2 Å². The van der Waals surface area contributed by atoms with Crippen molar-refractivity contribution in [1.82, 2.24) is 4.90 Å². The van der Waals surface area contributed by atoms with Crippen molar-refractivity contribution in [3.05, 3.63) is 29.8 Å². The molecule has 1 aromatic rings. The first-order valence-corrected chi connectivity index (χ1v) is 7.21. The molecule has 0 atom stereocenters. The van der Waals surface area contributed by atoms with Gasteiger partial charge in [0.2, 0.25) is 5.91 Å². The fourth-order valence-electron chi connectivity index (χ4n) is 1.94. The van der Waals surface area contributed by atoms with Crippen LogP contribution in [0.25, 0.3) is 0 Å². The van der Waals surface area contributed by atoms with Crippen LogP contribution in [0.15, 0.2) is 24.3 Å². The van der Waals surface area contributed by atoms with Gasteiger partial charge in [0.05, 0.1) is 13.2 Å². The normalized spacial score (nSPS) is 10.3. The lowest BCUT2D eigenvalue weighted by Crippen LogP contribution is -2.38. The van der Waals surface area contributed by atoms with Crippen molar-refractivity contribution in [3.8, 4) is 5.75 Å². The van der Waals surface area contributed by atoms with Crippen LogP contribution in [0.5, 0.6) is 5.75 Å². The number of aliphatic carboxylic acids is 1. The number of carbonyl (C=O) groups is 2. The molecule has 0 bridgehead atoms. The molecule has 1 rings (SSSR count). The van der Waals surface area contributed by atoms with Crippen molar-refractivity contribution in [1.29, 1.82) is 0 Å². The lowest BCUT2D eigenvalue weighted by molar-refractivity contribution is -0.145. The lowest BCUT2D eigenvalue weighted by Gasteiger charge is -2.20. The second-order valence-corrected chi connectivity index (χ2v) is 4.92. The molecule has 0 aliphatic heterocycles. The minimum atomic E-state index is -1.03. The number of carboxylic acid groups (broad SMARTS) is 1. The molecule has 0 saturated heterocycles. The summed E-state index contributed by atoms with van der Waals surface area (Å²) in [5, 5.41) is 8.82. The van der Waals surface area contributed by atoms with Crippen LogP contribution in [-0.2, 0) is 14.3 Å². The molecule has 0 aliphatic carbocycles. The molecule has 6 heteroatoms. The van der Waals surface area contributed by atoms with Crippen molar-refractivity contribution in [2.75, 3.05) is 33.4 Å². The monoisotopic (exact) mass is 309 g/mol. The molecule has 0 unspecified atom stereocenters. The van der Waals surface area contributed by atoms with Gasteiger partial charge in [-0.05, 0) is 25.0 Å². The molecule has 0 saturated carbocycles. The Hall–Kier alpha value is -2.08. The van der Waals surface area contributed by atoms with Gasteiger partial charge in [-0.1, -0.05) is 18.2 Å². The number of carboxylic acids is 1. The Kier molecular flexibility index (Phi) is 7.99. The first-order valence-electron chi connectivity index (χ1n) is 7.21. The van der Waals surface area contributed by atoms with E-state index in [0.29, 0.717) is 19.6 Å². The highest BCUT2D eigenvalue weighted by molar-refractivity contribution is 5.81. The van der Waals surface area contributed by atoms with Gasteiger partial charge < -0.3 is 19.5 Å². The Morgan fingerprint density at radius 3 is 2.59 bits per heavy atom. The highest BCUT2D eigenvalue weighted by Crippen LogP contribution is 2.16. The summed E-state index contributed by atoms with van der Waals surface area (Å²) in [4.78, 5) is 24.1. The van der Waals surface area contributed by atoms with E-state index in [-0.39, 0.29) is 25.4 Å². The summed E-state index contributed by atoms with van der Waals surface area (Å²) in [5.41, 5.74) is 1.04. The predicted octanol–water partition coefficient (Wildman–Crippen LogP) is 1.71. The zero-order chi connectivity index (χ0) is 16.4. The fraction of sp³-hybridized carbons (Fsp3) is 0.500. The summed E-state index contributed by atoms with van der Waals surface area (Å²) in [5.74, 6) is -0.426. The number of para-hydroxylation sites is 1. The zero-order valence-corrected chi connectivity index (χ0v) is 13.1. The van der Waals surface area contributed by atoms with E-state index in [9.17, 15) is 9.59 Å². The van der Waals surface area contributed by atoms with Crippen LogP contribution in [0.4, 0.5) is 0 Å². The number of benzene rings is 1. The molecule has 1 amide bonds. The van der Waals surface area contributed by atoms with Crippen molar-refractivity contribution >= 4 is 11.9 Å². The minimum absolute atomic E-state index is 0.201. The molecule has 122 valence electrons. The summed E-state index contributed by atoms with van der Waals surface area (Å²) in [6.45, 7) is 2.67. The van der Waals surface area contributed by atoms with Gasteiger partial charge in [0.1, 0.15) is 12.3 Å². The molecule has 1 N–H and O–H groups in total. The van der Waals surface area contributed by atoms with Crippen molar-refractivity contribution < 1.29 is 24.2 Å². The van der Waals surface area contributed by atoms with E-state index >= 15 is 0 Å². The number of hydrogen-bond donors (Lipinski definition) is 1. The smallest absolute Gasteiger partial charge is 0.323 e. The van der Waals surface area contributed by atoms with Crippen molar-refractivity contribution in [2.45, 2.75) is 19.8 Å². The number of aryl methyl sites for hydroxylation is 1. The second-order valence-electron chi connectivity index (χ2n) is 4.92. The van der Waals surface area contributed by atoms with Gasteiger partial charge in [-0.25, -0.2) is 0 Å². The summed E-state index contributed by atoms with van der Waals surface area (Å²) >= 11 is 0. The van der Waals surface area contributed by atoms with Crippen LogP contribution in [0.2, 0.25) is 0 Å². The summed E-state index contributed by atoms with van der Waals surface area (Å²) in [6.07, 6.45) is 0.791. The Bertz CT molecular complexity index is 489. The van der Waals surface area contributed by atoms with Crippen LogP contribution in [0, 0.1) is 6.92 Å². The average Bonchev–Trinajstić information content (AvgIpc) is 2.49. The molecule has 0 aliphatic rings. The summed E-state index contributed by atoms with van der Waals surface area (Å²) in [7, 11) is 1.51. The number of nitrogens with zero attached hydrogens (tertiary/aromatic N) is 1. The molecule has 0 heterocycles. The molecule has 0 spiro atoms. The summed E-state index contributed by atoms with van der Waals surface area (Å²) < 4.78 is 10.5. The summed E-state index contributed by atoms with van der Waals surface area (Å²) in [6, 6.07) is 7.67. The van der Waals surface area contributed by atoms with Gasteiger partial charge in [-0.3, -0.25) is 9.59 Å². The van der Waals surface area contributed by atoms with Gasteiger partial charge in [-0.2, -0.15) is 0 Å². The van der Waals surface area contributed by atoms with Crippen LogP contribution in [0.1, 0.15) is 18.4 Å². The SMILES string of the molecule is COCCN(CC(=O)O)C(=O)CCCOc1ccccc1C. The molecule has 1 aromatic carbocycles. The van der Waals surface area contributed by atoms with Crippen LogP contribution in [0.3, 0.4) is 0 Å². The number of ether oxygens (including phenoxy) is 2. The Morgan fingerprint density at radius 2 is 1.95 bits per heavy atom. The van der Waals surface area contributed by atoms with E-state index in [0.717, 1.165) is 11.3 Å². The number of hydrogen-bond acceptors (Lipinski definition) is 4. The molecular weight excluding hydrogens is 286 g/mol. The predicted molar refractivity (Wildman–Crippen MR) is 82.0 cm³/mol. The molecule has 6 nitrogen and oxygen atoms in total. The topological polar surface area (TPSA) is 76.1 Å². The molecule has 0 radical (unpaired) electrons. The van der Waals surface area contributed by atoms with E-state index < -0.39 is 5.97 Å². The first kappa shape index (κ1) is 18.0. The van der Waals surface area contributed by atoms with Crippen LogP contribution in [-0.4, -0.2) is 55.3 Å². The number of carbonyl (C=O) groups excluding carboxylic acids is 1. The van der Waals surface area contributed by atoms with Crippen LogP contribution >= 0.6 is 0 Å². The molecule has 0 fully saturated rings. The number of rotatable bonds is 10. The Morgan fingerprint density at radius 1 is 1.23 bits per heavy atom. The maximum absolute atomic E-state index is 12.0. The van der Waals surface area contributed by atoms with Crippen molar-refractivity contribution in [2.24, 2.45) is 0 Å². The largest absolute Gasteiger partial charge is 0.493 e. The molecule has 0 aromatic heterocycles. The van der Waals surface area contributed by atoms with E-state index in [1.165, 1.54) is 12.0 Å². The third-order valence-electron chi connectivity index (χ3n) is 3.13. The van der Waals surface area contributed by atoms with Gasteiger partial charge in [-0.15, -0.1) is 0 Å². The van der Waals surface area contributed by atoms with E-state index in [1.54, 1.807) is 0 Å². The standard InChI is InChI=1S/C16H23NO5/c1-13-6-3-4-7-14(13)22-10-5-8-15(18)17(9-11-21-2)12-16(19)20/h3-4,6-7H,5,8-12H2,1-2H3,(H,19,20). The highest BCUT2D eigenvalue weighted by Gasteiger charge is 2.16. The Balaban J connectivity index is 2.36. The molecular formula is C16H23NO5. The number of amides is 1. The molecule has 22 heavy (non-hydrogen) atoms. The van der Waals surface area contributed by atoms with E-state index in [4.69, 9.17) is 14.6 Å². The fourth-order valence-corrected chi connectivity index (χ4v) is 1.94. The Labute approximate surface area is 130 Å². The van der Waals surface area contributed by atoms with Crippen LogP contribution < -0.4 is 4.74 Å². The maximum Gasteiger partial charge on any atom is 0.323 e. The van der Waals surface area contributed by atoms with Gasteiger partial charge >= 0.3 is 5.97 Å². The first-order chi connectivity index (χ1) is 10.5. The van der Waals surface area contributed by atoms with Gasteiger partial charge in [0.25, 0.3) is 0 Å². The minimum Gasteiger partial charge on any atom is -0.493 e. The average molecular weight is 309 g/mol. The second kappa shape index (κ2) is 9.78. The number of methoxy groups -OCH3 is 1.